The summed E-state index contributed by atoms with van der Waals surface area (Å²) in [7, 11) is -1.37. The molecule has 94 valence electrons. The highest BCUT2D eigenvalue weighted by Crippen LogP contribution is 2.33. The Bertz CT molecular complexity index is 499. The molecule has 0 aliphatic carbocycles. The van der Waals surface area contributed by atoms with Crippen molar-refractivity contribution in [1.29, 1.82) is 0 Å². The average molecular weight is 254 g/mol. The van der Waals surface area contributed by atoms with Crippen molar-refractivity contribution in [3.63, 3.8) is 0 Å². The molecular formula is C12H18N2O2S. The van der Waals surface area contributed by atoms with Gasteiger partial charge >= 0.3 is 0 Å². The minimum absolute atomic E-state index is 0.0525. The van der Waals surface area contributed by atoms with E-state index in [4.69, 9.17) is 0 Å². The van der Waals surface area contributed by atoms with Gasteiger partial charge in [-0.3, -0.25) is 0 Å². The van der Waals surface area contributed by atoms with E-state index in [1.54, 1.807) is 12.1 Å². The van der Waals surface area contributed by atoms with Crippen molar-refractivity contribution in [2.75, 3.05) is 18.9 Å². The number of hydrogen-bond acceptors (Lipinski definition) is 4. The van der Waals surface area contributed by atoms with E-state index in [-0.39, 0.29) is 11.3 Å². The molecular weight excluding hydrogens is 236 g/mol. The summed E-state index contributed by atoms with van der Waals surface area (Å²) in [6.07, 6.45) is 0.626. The Morgan fingerprint density at radius 1 is 1.35 bits per heavy atom. The molecule has 2 rings (SSSR count). The van der Waals surface area contributed by atoms with E-state index in [9.17, 15) is 8.42 Å². The minimum atomic E-state index is -3.21. The summed E-state index contributed by atoms with van der Waals surface area (Å²) in [6, 6.07) is 7.06. The fraction of sp³-hybridized carbons (Fsp3) is 0.500. The largest absolute Gasteiger partial charge is 0.380 e. The van der Waals surface area contributed by atoms with Gasteiger partial charge in [-0.2, -0.15) is 0 Å². The van der Waals surface area contributed by atoms with Crippen LogP contribution in [-0.4, -0.2) is 33.3 Å². The van der Waals surface area contributed by atoms with Crippen LogP contribution in [0.1, 0.15) is 13.3 Å². The standard InChI is InChI=1S/C12H18N2O2S/c1-9-11(7-8-13-2)17(15,16)12-6-4-3-5-10(12)14-9/h3-6,9,11,13-14H,7-8H2,1-2H3. The number of fused-ring (bicyclic) bond motifs is 1. The average Bonchev–Trinajstić information content (AvgIpc) is 2.28. The highest BCUT2D eigenvalue weighted by molar-refractivity contribution is 7.92. The number of para-hydroxylation sites is 1. The van der Waals surface area contributed by atoms with Crippen molar-refractivity contribution in [2.45, 2.75) is 29.5 Å². The van der Waals surface area contributed by atoms with Crippen LogP contribution in [0.25, 0.3) is 0 Å². The van der Waals surface area contributed by atoms with E-state index < -0.39 is 9.84 Å². The van der Waals surface area contributed by atoms with E-state index in [1.165, 1.54) is 0 Å². The first kappa shape index (κ1) is 12.4. The smallest absolute Gasteiger partial charge is 0.185 e. The molecule has 0 fully saturated rings. The molecule has 0 aromatic heterocycles. The van der Waals surface area contributed by atoms with Crippen molar-refractivity contribution in [1.82, 2.24) is 5.32 Å². The van der Waals surface area contributed by atoms with Crippen LogP contribution >= 0.6 is 0 Å². The number of hydrogen-bond donors (Lipinski definition) is 2. The lowest BCUT2D eigenvalue weighted by atomic mass is 10.1. The van der Waals surface area contributed by atoms with Gasteiger partial charge in [0.05, 0.1) is 15.8 Å². The van der Waals surface area contributed by atoms with Crippen LogP contribution in [0.3, 0.4) is 0 Å². The van der Waals surface area contributed by atoms with Gasteiger partial charge in [0, 0.05) is 6.04 Å². The van der Waals surface area contributed by atoms with Crippen molar-refractivity contribution in [2.24, 2.45) is 0 Å². The number of nitrogens with one attached hydrogen (secondary N) is 2. The lowest BCUT2D eigenvalue weighted by Gasteiger charge is -2.32. The molecule has 4 nitrogen and oxygen atoms in total. The number of rotatable bonds is 3. The van der Waals surface area contributed by atoms with E-state index in [0.29, 0.717) is 17.9 Å². The first-order chi connectivity index (χ1) is 8.07. The summed E-state index contributed by atoms with van der Waals surface area (Å²) in [6.45, 7) is 2.63. The van der Waals surface area contributed by atoms with Gasteiger partial charge in [-0.1, -0.05) is 12.1 Å². The first-order valence-electron chi connectivity index (χ1n) is 5.81. The van der Waals surface area contributed by atoms with Crippen LogP contribution in [0.15, 0.2) is 29.2 Å². The highest BCUT2D eigenvalue weighted by Gasteiger charge is 2.37. The van der Waals surface area contributed by atoms with Gasteiger partial charge in [-0.05, 0) is 39.1 Å². The normalized spacial score (nSPS) is 26.0. The van der Waals surface area contributed by atoms with Gasteiger partial charge in [0.1, 0.15) is 0 Å². The Morgan fingerprint density at radius 3 is 2.76 bits per heavy atom. The Kier molecular flexibility index (Phi) is 3.40. The third-order valence-electron chi connectivity index (χ3n) is 3.21. The van der Waals surface area contributed by atoms with Gasteiger partial charge in [-0.15, -0.1) is 0 Å². The third kappa shape index (κ3) is 2.17. The summed E-state index contributed by atoms with van der Waals surface area (Å²) >= 11 is 0. The van der Waals surface area contributed by atoms with Crippen molar-refractivity contribution < 1.29 is 8.42 Å². The molecule has 2 atom stereocenters. The first-order valence-corrected chi connectivity index (χ1v) is 7.36. The molecule has 5 heteroatoms. The number of benzene rings is 1. The molecule has 2 unspecified atom stereocenters. The maximum Gasteiger partial charge on any atom is 0.185 e. The Balaban J connectivity index is 2.40. The van der Waals surface area contributed by atoms with Crippen LogP contribution in [0.5, 0.6) is 0 Å². The van der Waals surface area contributed by atoms with E-state index >= 15 is 0 Å². The van der Waals surface area contributed by atoms with Crippen LogP contribution in [-0.2, 0) is 9.84 Å². The molecule has 0 radical (unpaired) electrons. The fourth-order valence-electron chi connectivity index (χ4n) is 2.30. The van der Waals surface area contributed by atoms with Crippen LogP contribution in [0.4, 0.5) is 5.69 Å². The van der Waals surface area contributed by atoms with E-state index in [0.717, 1.165) is 5.69 Å². The molecule has 1 aliphatic rings. The molecule has 1 aromatic rings. The molecule has 0 saturated heterocycles. The lowest BCUT2D eigenvalue weighted by molar-refractivity contribution is 0.540. The van der Waals surface area contributed by atoms with Crippen molar-refractivity contribution in [3.05, 3.63) is 24.3 Å². The van der Waals surface area contributed by atoms with Crippen molar-refractivity contribution >= 4 is 15.5 Å². The number of sulfone groups is 1. The molecule has 1 heterocycles. The van der Waals surface area contributed by atoms with E-state index in [2.05, 4.69) is 10.6 Å². The minimum Gasteiger partial charge on any atom is -0.380 e. The second-order valence-corrected chi connectivity index (χ2v) is 6.54. The van der Waals surface area contributed by atoms with Gasteiger partial charge in [-0.25, -0.2) is 8.42 Å². The van der Waals surface area contributed by atoms with Gasteiger partial charge < -0.3 is 10.6 Å². The molecule has 0 spiro atoms. The Morgan fingerprint density at radius 2 is 2.06 bits per heavy atom. The topological polar surface area (TPSA) is 58.2 Å². The maximum absolute atomic E-state index is 12.5. The molecule has 0 bridgehead atoms. The zero-order chi connectivity index (χ0) is 12.5. The molecule has 2 N–H and O–H groups in total. The van der Waals surface area contributed by atoms with E-state index in [1.807, 2.05) is 26.1 Å². The quantitative estimate of drug-likeness (QED) is 0.852. The monoisotopic (exact) mass is 254 g/mol. The summed E-state index contributed by atoms with van der Waals surface area (Å²) in [5.41, 5.74) is 0.723. The molecule has 17 heavy (non-hydrogen) atoms. The molecule has 0 amide bonds. The van der Waals surface area contributed by atoms with Gasteiger partial charge in [0.2, 0.25) is 0 Å². The van der Waals surface area contributed by atoms with Gasteiger partial charge in [0.15, 0.2) is 9.84 Å². The molecule has 1 aromatic carbocycles. The van der Waals surface area contributed by atoms with Crippen molar-refractivity contribution in [3.8, 4) is 0 Å². The van der Waals surface area contributed by atoms with Crippen LogP contribution in [0, 0.1) is 0 Å². The summed E-state index contributed by atoms with van der Waals surface area (Å²) in [4.78, 5) is 0.430. The predicted molar refractivity (Wildman–Crippen MR) is 69.0 cm³/mol. The summed E-state index contributed by atoms with van der Waals surface area (Å²) in [5, 5.41) is 5.92. The second-order valence-electron chi connectivity index (χ2n) is 4.40. The SMILES string of the molecule is CNCCC1C(C)Nc2ccccc2S1(=O)=O. The predicted octanol–water partition coefficient (Wildman–Crippen LogP) is 1.25. The zero-order valence-electron chi connectivity index (χ0n) is 10.1. The Hall–Kier alpha value is -1.07. The van der Waals surface area contributed by atoms with Crippen LogP contribution in [0.2, 0.25) is 0 Å². The third-order valence-corrected chi connectivity index (χ3v) is 5.62. The molecule has 1 aliphatic heterocycles. The Labute approximate surface area is 102 Å². The second kappa shape index (κ2) is 4.66. The lowest BCUT2D eigenvalue weighted by Crippen LogP contribution is -2.43. The van der Waals surface area contributed by atoms with Gasteiger partial charge in [0.25, 0.3) is 0 Å². The highest BCUT2D eigenvalue weighted by atomic mass is 32.2. The molecule has 0 saturated carbocycles. The zero-order valence-corrected chi connectivity index (χ0v) is 10.9. The fourth-order valence-corrected chi connectivity index (χ4v) is 4.36. The maximum atomic E-state index is 12.5. The summed E-state index contributed by atoms with van der Waals surface area (Å²) in [5.74, 6) is 0. The van der Waals surface area contributed by atoms with Crippen LogP contribution < -0.4 is 10.6 Å². The summed E-state index contributed by atoms with van der Waals surface area (Å²) < 4.78 is 24.9. The number of anilines is 1.